The molecule has 1 saturated carbocycles. The summed E-state index contributed by atoms with van der Waals surface area (Å²) in [6.07, 6.45) is 1.06. The molecule has 2 fully saturated rings. The van der Waals surface area contributed by atoms with E-state index in [9.17, 15) is 18.0 Å². The van der Waals surface area contributed by atoms with Crippen molar-refractivity contribution in [1.82, 2.24) is 9.88 Å². The fourth-order valence-electron chi connectivity index (χ4n) is 6.24. The highest BCUT2D eigenvalue weighted by Crippen LogP contribution is 2.49. The number of ether oxygens (including phenoxy) is 2. The first-order valence-electron chi connectivity index (χ1n) is 13.4. The van der Waals surface area contributed by atoms with Crippen LogP contribution in [-0.4, -0.2) is 41.7 Å². The molecule has 1 aromatic carbocycles. The van der Waals surface area contributed by atoms with E-state index in [0.717, 1.165) is 55.9 Å². The van der Waals surface area contributed by atoms with Crippen LogP contribution >= 0.6 is 11.6 Å². The molecule has 0 radical (unpaired) electrons. The summed E-state index contributed by atoms with van der Waals surface area (Å²) in [5.74, 6) is 1.08. The highest BCUT2D eigenvalue weighted by Gasteiger charge is 2.43. The fourth-order valence-corrected chi connectivity index (χ4v) is 6.50. The second kappa shape index (κ2) is 10.3. The lowest BCUT2D eigenvalue weighted by atomic mass is 9.80. The third-order valence-electron chi connectivity index (χ3n) is 8.71. The third kappa shape index (κ3) is 5.39. The number of rotatable bonds is 6. The summed E-state index contributed by atoms with van der Waals surface area (Å²) >= 11 is 6.27. The molecule has 0 bridgehead atoms. The quantitative estimate of drug-likeness (QED) is 0.363. The maximum Gasteiger partial charge on any atom is 0.433 e. The van der Waals surface area contributed by atoms with Gasteiger partial charge in [-0.3, -0.25) is 9.69 Å². The minimum atomic E-state index is -4.51. The summed E-state index contributed by atoms with van der Waals surface area (Å²) in [5, 5.41) is 0.243. The van der Waals surface area contributed by atoms with Crippen LogP contribution in [0.25, 0.3) is 0 Å². The maximum absolute atomic E-state index is 13.2. The average Bonchev–Trinajstić information content (AvgIpc) is 3.73. The number of hydrogen-bond acceptors (Lipinski definition) is 5. The zero-order valence-electron chi connectivity index (χ0n) is 22.0. The molecule has 2 aliphatic heterocycles. The fraction of sp³-hybridized carbons (Fsp3) is 0.586. The van der Waals surface area contributed by atoms with Crippen LogP contribution in [0.5, 0.6) is 5.75 Å². The van der Waals surface area contributed by atoms with Crippen LogP contribution in [0, 0.1) is 11.8 Å². The number of carbonyl (C=O) groups is 1. The van der Waals surface area contributed by atoms with Gasteiger partial charge in [-0.05, 0) is 86.6 Å². The number of esters is 1. The zero-order chi connectivity index (χ0) is 27.2. The minimum absolute atomic E-state index is 0.113. The first kappa shape index (κ1) is 27.3. The van der Waals surface area contributed by atoms with Crippen LogP contribution in [0.15, 0.2) is 30.3 Å². The molecule has 3 atom stereocenters. The van der Waals surface area contributed by atoms with Gasteiger partial charge in [0.15, 0.2) is 0 Å². The van der Waals surface area contributed by atoms with Crippen molar-refractivity contribution < 1.29 is 27.4 Å². The summed E-state index contributed by atoms with van der Waals surface area (Å²) in [5.41, 5.74) is 1.32. The highest BCUT2D eigenvalue weighted by molar-refractivity contribution is 6.31. The lowest BCUT2D eigenvalue weighted by Crippen LogP contribution is -2.50. The molecule has 5 rings (SSSR count). The Kier molecular flexibility index (Phi) is 7.42. The van der Waals surface area contributed by atoms with E-state index in [1.165, 1.54) is 18.7 Å². The second-order valence-corrected chi connectivity index (χ2v) is 11.5. The summed E-state index contributed by atoms with van der Waals surface area (Å²) in [4.78, 5) is 18.3. The van der Waals surface area contributed by atoms with Crippen molar-refractivity contribution in [2.75, 3.05) is 20.2 Å². The van der Waals surface area contributed by atoms with Gasteiger partial charge in [0.05, 0.1) is 29.8 Å². The number of methoxy groups -OCH3 is 1. The predicted octanol–water partition coefficient (Wildman–Crippen LogP) is 6.98. The van der Waals surface area contributed by atoms with Crippen molar-refractivity contribution in [3.05, 3.63) is 57.9 Å². The number of likely N-dealkylation sites (tertiary alicyclic amines) is 1. The average molecular weight is 551 g/mol. The molecule has 9 heteroatoms. The van der Waals surface area contributed by atoms with E-state index >= 15 is 0 Å². The number of halogens is 4. The van der Waals surface area contributed by atoms with E-state index in [-0.39, 0.29) is 40.2 Å². The zero-order valence-corrected chi connectivity index (χ0v) is 22.7. The largest absolute Gasteiger partial charge is 0.487 e. The van der Waals surface area contributed by atoms with Gasteiger partial charge in [0.1, 0.15) is 17.0 Å². The van der Waals surface area contributed by atoms with Crippen LogP contribution in [-0.2, 0) is 22.1 Å². The molecule has 0 N–H and O–H groups in total. The van der Waals surface area contributed by atoms with E-state index in [4.69, 9.17) is 21.1 Å². The van der Waals surface area contributed by atoms with Crippen LogP contribution in [0.1, 0.15) is 80.4 Å². The Balaban J connectivity index is 1.30. The van der Waals surface area contributed by atoms with Gasteiger partial charge in [0, 0.05) is 13.1 Å². The van der Waals surface area contributed by atoms with Gasteiger partial charge in [0.25, 0.3) is 0 Å². The molecule has 2 aromatic rings. The molecule has 1 aliphatic carbocycles. The van der Waals surface area contributed by atoms with Gasteiger partial charge >= 0.3 is 12.1 Å². The molecular formula is C29H34ClF3N2O3. The van der Waals surface area contributed by atoms with Gasteiger partial charge in [0.2, 0.25) is 0 Å². The number of nitrogens with zero attached hydrogens (tertiary/aromatic N) is 2. The first-order valence-corrected chi connectivity index (χ1v) is 13.8. The summed E-state index contributed by atoms with van der Waals surface area (Å²) < 4.78 is 51.5. The first-order chi connectivity index (χ1) is 18.0. The Bertz CT molecular complexity index is 1190. The van der Waals surface area contributed by atoms with Crippen LogP contribution in [0.4, 0.5) is 13.2 Å². The van der Waals surface area contributed by atoms with Crippen LogP contribution in [0.3, 0.4) is 0 Å². The van der Waals surface area contributed by atoms with Gasteiger partial charge in [-0.25, -0.2) is 4.98 Å². The highest BCUT2D eigenvalue weighted by atomic mass is 35.5. The number of pyridine rings is 1. The summed E-state index contributed by atoms with van der Waals surface area (Å²) in [7, 11) is 1.44. The number of carbonyl (C=O) groups excluding carboxylic acids is 1. The third-order valence-corrected chi connectivity index (χ3v) is 9.03. The lowest BCUT2D eigenvalue weighted by Gasteiger charge is -2.46. The number of aryl methyl sites for hydroxylation is 1. The van der Waals surface area contributed by atoms with Crippen molar-refractivity contribution >= 4 is 17.6 Å². The van der Waals surface area contributed by atoms with Crippen molar-refractivity contribution in [3.8, 4) is 5.75 Å². The standard InChI is InChI=1S/C29H34ClF3N2O3/c1-17(27(36)37-3)25(20-5-6-20)21-7-4-19-10-11-28(38-23(19)16-21)12-14-35(15-13-28)18(2)26-22(30)8-9-24(34-26)29(31,32)33/h4,7-9,16-18,20,25H,5-6,10-15H2,1-3H3. The molecular weight excluding hydrogens is 517 g/mol. The molecule has 5 nitrogen and oxygen atoms in total. The number of fused-ring (bicyclic) bond motifs is 1. The molecule has 38 heavy (non-hydrogen) atoms. The SMILES string of the molecule is COC(=O)C(C)C(c1ccc2c(c1)OC1(CC2)CCN(C(C)c2nc(C(F)(F)F)ccc2Cl)CC1)C1CC1. The lowest BCUT2D eigenvalue weighted by molar-refractivity contribution is -0.146. The van der Waals surface area contributed by atoms with E-state index in [1.54, 1.807) is 0 Å². The normalized spacial score (nSPS) is 21.8. The number of benzene rings is 1. The Labute approximate surface area is 226 Å². The smallest absolute Gasteiger partial charge is 0.433 e. The topological polar surface area (TPSA) is 51.7 Å². The molecule has 0 amide bonds. The number of aromatic nitrogens is 1. The Morgan fingerprint density at radius 1 is 1.16 bits per heavy atom. The summed E-state index contributed by atoms with van der Waals surface area (Å²) in [6, 6.07) is 8.26. The molecule has 1 spiro atoms. The number of hydrogen-bond donors (Lipinski definition) is 0. The monoisotopic (exact) mass is 550 g/mol. The van der Waals surface area contributed by atoms with Gasteiger partial charge < -0.3 is 9.47 Å². The van der Waals surface area contributed by atoms with Crippen molar-refractivity contribution in [1.29, 1.82) is 0 Å². The van der Waals surface area contributed by atoms with Crippen LogP contribution in [0.2, 0.25) is 5.02 Å². The number of alkyl halides is 3. The maximum atomic E-state index is 13.2. The molecule has 3 heterocycles. The molecule has 1 aromatic heterocycles. The van der Waals surface area contributed by atoms with Crippen molar-refractivity contribution in [2.24, 2.45) is 11.8 Å². The molecule has 1 saturated heterocycles. The van der Waals surface area contributed by atoms with E-state index in [0.29, 0.717) is 19.0 Å². The summed E-state index contributed by atoms with van der Waals surface area (Å²) in [6.45, 7) is 5.15. The van der Waals surface area contributed by atoms with Gasteiger partial charge in [-0.15, -0.1) is 0 Å². The predicted molar refractivity (Wildman–Crippen MR) is 138 cm³/mol. The van der Waals surface area contributed by atoms with Gasteiger partial charge in [-0.2, -0.15) is 13.2 Å². The molecule has 206 valence electrons. The van der Waals surface area contributed by atoms with Crippen LogP contribution < -0.4 is 4.74 Å². The minimum Gasteiger partial charge on any atom is -0.487 e. The van der Waals surface area contributed by atoms with Crippen molar-refractivity contribution in [3.63, 3.8) is 0 Å². The van der Waals surface area contributed by atoms with E-state index < -0.39 is 11.9 Å². The Morgan fingerprint density at radius 2 is 1.87 bits per heavy atom. The number of piperidine rings is 1. The van der Waals surface area contributed by atoms with E-state index in [2.05, 4.69) is 28.1 Å². The Hall–Kier alpha value is -2.32. The molecule has 3 aliphatic rings. The molecule has 3 unspecified atom stereocenters. The Morgan fingerprint density at radius 3 is 2.50 bits per heavy atom. The van der Waals surface area contributed by atoms with Gasteiger partial charge in [-0.1, -0.05) is 30.7 Å². The van der Waals surface area contributed by atoms with Crippen molar-refractivity contribution in [2.45, 2.75) is 76.1 Å². The van der Waals surface area contributed by atoms with E-state index in [1.807, 2.05) is 13.8 Å². The second-order valence-electron chi connectivity index (χ2n) is 11.1.